The lowest BCUT2D eigenvalue weighted by Crippen LogP contribution is -2.32. The van der Waals surface area contributed by atoms with E-state index >= 15 is 0 Å². The summed E-state index contributed by atoms with van der Waals surface area (Å²) in [5.74, 6) is 0.645. The van der Waals surface area contributed by atoms with Crippen LogP contribution in [-0.4, -0.2) is 60.9 Å². The number of para-hydroxylation sites is 2. The summed E-state index contributed by atoms with van der Waals surface area (Å²) in [7, 11) is 2.95. The number of hydrogen-bond acceptors (Lipinski definition) is 10. The fourth-order valence-corrected chi connectivity index (χ4v) is 4.62. The summed E-state index contributed by atoms with van der Waals surface area (Å²) in [4.78, 5) is 49.4. The smallest absolute Gasteiger partial charge is 0.293 e. The third-order valence-corrected chi connectivity index (χ3v) is 6.61. The Morgan fingerprint density at radius 1 is 0.951 bits per heavy atom. The lowest BCUT2D eigenvalue weighted by Gasteiger charge is -2.14. The van der Waals surface area contributed by atoms with E-state index in [1.54, 1.807) is 48.5 Å². The SMILES string of the molecule is COc1ccccc1OCCN1C(=O)S/C(=C\c2ccc(OCC(=O)Nc3cccc([N+](=O)[O-])c3)c(OC)c2)C1=O. The predicted molar refractivity (Wildman–Crippen MR) is 151 cm³/mol. The van der Waals surface area contributed by atoms with Gasteiger partial charge in [-0.1, -0.05) is 24.3 Å². The van der Waals surface area contributed by atoms with E-state index in [-0.39, 0.29) is 41.8 Å². The molecule has 0 spiro atoms. The van der Waals surface area contributed by atoms with Gasteiger partial charge in [-0.25, -0.2) is 0 Å². The van der Waals surface area contributed by atoms with Gasteiger partial charge in [-0.15, -0.1) is 0 Å². The van der Waals surface area contributed by atoms with Gasteiger partial charge in [-0.3, -0.25) is 29.4 Å². The molecule has 1 N–H and O–H groups in total. The minimum atomic E-state index is -0.558. The Balaban J connectivity index is 1.35. The summed E-state index contributed by atoms with van der Waals surface area (Å²) in [6.45, 7) is -0.219. The number of methoxy groups -OCH3 is 2. The summed E-state index contributed by atoms with van der Waals surface area (Å²) in [5, 5.41) is 13.0. The average molecular weight is 580 g/mol. The first-order valence-corrected chi connectivity index (χ1v) is 13.0. The molecule has 13 heteroatoms. The summed E-state index contributed by atoms with van der Waals surface area (Å²) < 4.78 is 21.9. The molecule has 0 aromatic heterocycles. The van der Waals surface area contributed by atoms with Crippen LogP contribution >= 0.6 is 11.8 Å². The first kappa shape index (κ1) is 29.0. The molecule has 41 heavy (non-hydrogen) atoms. The molecular weight excluding hydrogens is 554 g/mol. The number of benzene rings is 3. The van der Waals surface area contributed by atoms with Crippen molar-refractivity contribution in [1.82, 2.24) is 4.90 Å². The quantitative estimate of drug-likeness (QED) is 0.181. The molecule has 0 aliphatic carbocycles. The molecule has 0 unspecified atom stereocenters. The van der Waals surface area contributed by atoms with Crippen molar-refractivity contribution < 1.29 is 38.3 Å². The number of ether oxygens (including phenoxy) is 4. The van der Waals surface area contributed by atoms with Crippen molar-refractivity contribution in [2.45, 2.75) is 0 Å². The van der Waals surface area contributed by atoms with Crippen molar-refractivity contribution in [1.29, 1.82) is 0 Å². The van der Waals surface area contributed by atoms with E-state index in [9.17, 15) is 24.5 Å². The Morgan fingerprint density at radius 3 is 2.41 bits per heavy atom. The third kappa shape index (κ3) is 7.33. The molecule has 1 aliphatic rings. The zero-order valence-corrected chi connectivity index (χ0v) is 22.8. The van der Waals surface area contributed by atoms with Crippen LogP contribution in [0.5, 0.6) is 23.0 Å². The van der Waals surface area contributed by atoms with Crippen LogP contribution in [0.25, 0.3) is 6.08 Å². The molecule has 1 fully saturated rings. The van der Waals surface area contributed by atoms with Crippen molar-refractivity contribution in [2.24, 2.45) is 0 Å². The molecule has 1 heterocycles. The molecule has 1 saturated heterocycles. The summed E-state index contributed by atoms with van der Waals surface area (Å²) >= 11 is 0.817. The number of rotatable bonds is 12. The van der Waals surface area contributed by atoms with Crippen LogP contribution in [0, 0.1) is 10.1 Å². The lowest BCUT2D eigenvalue weighted by atomic mass is 10.2. The van der Waals surface area contributed by atoms with Gasteiger partial charge in [0.25, 0.3) is 22.7 Å². The van der Waals surface area contributed by atoms with Crippen LogP contribution < -0.4 is 24.3 Å². The highest BCUT2D eigenvalue weighted by atomic mass is 32.2. The largest absolute Gasteiger partial charge is 0.493 e. The molecule has 4 rings (SSSR count). The van der Waals surface area contributed by atoms with E-state index in [4.69, 9.17) is 18.9 Å². The Labute approximate surface area is 239 Å². The highest BCUT2D eigenvalue weighted by Gasteiger charge is 2.35. The van der Waals surface area contributed by atoms with Gasteiger partial charge in [-0.2, -0.15) is 0 Å². The molecular formula is C28H25N3O9S. The molecule has 3 aromatic rings. The van der Waals surface area contributed by atoms with Gasteiger partial charge in [0.2, 0.25) is 0 Å². The second kappa shape index (κ2) is 13.3. The van der Waals surface area contributed by atoms with Crippen molar-refractivity contribution in [2.75, 3.05) is 39.3 Å². The highest BCUT2D eigenvalue weighted by Crippen LogP contribution is 2.35. The van der Waals surface area contributed by atoms with E-state index in [1.807, 2.05) is 0 Å². The Bertz CT molecular complexity index is 1510. The van der Waals surface area contributed by atoms with E-state index in [0.717, 1.165) is 16.7 Å². The first-order valence-electron chi connectivity index (χ1n) is 12.2. The number of hydrogen-bond donors (Lipinski definition) is 1. The van der Waals surface area contributed by atoms with E-state index in [0.29, 0.717) is 22.8 Å². The molecule has 212 valence electrons. The van der Waals surface area contributed by atoms with Gasteiger partial charge in [0.1, 0.15) is 6.61 Å². The molecule has 3 aromatic carbocycles. The lowest BCUT2D eigenvalue weighted by molar-refractivity contribution is -0.384. The van der Waals surface area contributed by atoms with Gasteiger partial charge < -0.3 is 24.3 Å². The minimum Gasteiger partial charge on any atom is -0.493 e. The molecule has 1 aliphatic heterocycles. The van der Waals surface area contributed by atoms with Crippen LogP contribution in [0.2, 0.25) is 0 Å². The molecule has 12 nitrogen and oxygen atoms in total. The second-order valence-corrected chi connectivity index (χ2v) is 9.38. The third-order valence-electron chi connectivity index (χ3n) is 5.70. The summed E-state index contributed by atoms with van der Waals surface area (Å²) in [5.41, 5.74) is 0.682. The standard InChI is InChI=1S/C28H25N3O9S/c1-37-21-8-3-4-9-22(21)39-13-12-30-27(33)25(41-28(30)34)15-18-10-11-23(24(14-18)38-2)40-17-26(32)29-19-6-5-7-20(16-19)31(35)36/h3-11,14-16H,12-13,17H2,1-2H3,(H,29,32)/b25-15-. The maximum atomic E-state index is 12.9. The monoisotopic (exact) mass is 579 g/mol. The van der Waals surface area contributed by atoms with E-state index in [1.165, 1.54) is 38.5 Å². The number of thioether (sulfide) groups is 1. The molecule has 3 amide bonds. The number of nitro benzene ring substituents is 1. The Hall–Kier alpha value is -5.04. The molecule has 0 radical (unpaired) electrons. The molecule has 0 bridgehead atoms. The fraction of sp³-hybridized carbons (Fsp3) is 0.179. The van der Waals surface area contributed by atoms with Gasteiger partial charge in [0.15, 0.2) is 29.6 Å². The normalized spacial score (nSPS) is 13.7. The van der Waals surface area contributed by atoms with Gasteiger partial charge in [0.05, 0.1) is 30.6 Å². The number of carbonyl (C=O) groups excluding carboxylic acids is 3. The zero-order valence-electron chi connectivity index (χ0n) is 22.0. The second-order valence-electron chi connectivity index (χ2n) is 8.39. The van der Waals surface area contributed by atoms with Gasteiger partial charge in [-0.05, 0) is 53.7 Å². The maximum Gasteiger partial charge on any atom is 0.293 e. The highest BCUT2D eigenvalue weighted by molar-refractivity contribution is 8.18. The van der Waals surface area contributed by atoms with Crippen molar-refractivity contribution in [3.05, 3.63) is 87.3 Å². The predicted octanol–water partition coefficient (Wildman–Crippen LogP) is 4.74. The van der Waals surface area contributed by atoms with Gasteiger partial charge in [0, 0.05) is 17.8 Å². The zero-order chi connectivity index (χ0) is 29.4. The number of amides is 3. The number of carbonyl (C=O) groups is 3. The van der Waals surface area contributed by atoms with E-state index in [2.05, 4.69) is 5.32 Å². The van der Waals surface area contributed by atoms with Crippen LogP contribution in [0.4, 0.5) is 16.2 Å². The number of anilines is 1. The topological polar surface area (TPSA) is 147 Å². The number of nitro groups is 1. The first-order chi connectivity index (χ1) is 19.8. The molecule has 0 saturated carbocycles. The number of non-ortho nitro benzene ring substituents is 1. The minimum absolute atomic E-state index is 0.0640. The fourth-order valence-electron chi connectivity index (χ4n) is 3.76. The Kier molecular flexibility index (Phi) is 9.43. The number of imide groups is 1. The number of nitrogens with zero attached hydrogens (tertiary/aromatic N) is 2. The average Bonchev–Trinajstić information content (AvgIpc) is 3.23. The molecule has 0 atom stereocenters. The number of nitrogens with one attached hydrogen (secondary N) is 1. The van der Waals surface area contributed by atoms with Crippen LogP contribution in [-0.2, 0) is 9.59 Å². The van der Waals surface area contributed by atoms with Crippen molar-refractivity contribution in [3.63, 3.8) is 0 Å². The van der Waals surface area contributed by atoms with Gasteiger partial charge >= 0.3 is 0 Å². The van der Waals surface area contributed by atoms with E-state index < -0.39 is 22.0 Å². The van der Waals surface area contributed by atoms with Crippen molar-refractivity contribution in [3.8, 4) is 23.0 Å². The van der Waals surface area contributed by atoms with Crippen LogP contribution in [0.1, 0.15) is 5.56 Å². The maximum absolute atomic E-state index is 12.9. The van der Waals surface area contributed by atoms with Crippen LogP contribution in [0.15, 0.2) is 71.6 Å². The summed E-state index contributed by atoms with van der Waals surface area (Å²) in [6, 6.07) is 17.4. The van der Waals surface area contributed by atoms with Crippen LogP contribution in [0.3, 0.4) is 0 Å². The Morgan fingerprint density at radius 2 is 1.68 bits per heavy atom. The van der Waals surface area contributed by atoms with Crippen molar-refractivity contribution >= 4 is 46.3 Å². The summed E-state index contributed by atoms with van der Waals surface area (Å²) in [6.07, 6.45) is 1.56.